The molecule has 1 atom stereocenters. The average Bonchev–Trinajstić information content (AvgIpc) is 3.43. The van der Waals surface area contributed by atoms with Crippen molar-refractivity contribution >= 4 is 23.1 Å². The first-order chi connectivity index (χ1) is 16.2. The SMILES string of the molecule is CCOc1ccc(/C(O)=C2/C(=O)C(=O)N(c3ccc(F)c(F)c3)C2c2ccco2)cc1C(C)C. The number of hydrogen-bond donors (Lipinski definition) is 1. The third-order valence-corrected chi connectivity index (χ3v) is 5.64. The van der Waals surface area contributed by atoms with Crippen LogP contribution < -0.4 is 9.64 Å². The number of Topliss-reactive ketones (excluding diaryl/α,β-unsaturated/α-hetero) is 1. The van der Waals surface area contributed by atoms with E-state index in [2.05, 4.69) is 0 Å². The van der Waals surface area contributed by atoms with Crippen LogP contribution in [0.2, 0.25) is 0 Å². The van der Waals surface area contributed by atoms with E-state index in [0.29, 0.717) is 17.9 Å². The van der Waals surface area contributed by atoms with Gasteiger partial charge in [0.1, 0.15) is 23.3 Å². The summed E-state index contributed by atoms with van der Waals surface area (Å²) in [6.45, 7) is 6.25. The van der Waals surface area contributed by atoms with Gasteiger partial charge in [0.2, 0.25) is 0 Å². The van der Waals surface area contributed by atoms with Gasteiger partial charge in [-0.3, -0.25) is 14.5 Å². The van der Waals surface area contributed by atoms with Gasteiger partial charge in [0.15, 0.2) is 11.6 Å². The molecule has 34 heavy (non-hydrogen) atoms. The van der Waals surface area contributed by atoms with E-state index >= 15 is 0 Å². The van der Waals surface area contributed by atoms with Crippen molar-refractivity contribution in [1.82, 2.24) is 0 Å². The van der Waals surface area contributed by atoms with Crippen molar-refractivity contribution < 1.29 is 32.6 Å². The molecule has 2 heterocycles. The Kier molecular flexibility index (Phi) is 6.24. The Labute approximate surface area is 195 Å². The molecule has 0 aliphatic carbocycles. The maximum absolute atomic E-state index is 14.0. The summed E-state index contributed by atoms with van der Waals surface area (Å²) in [5, 5.41) is 11.2. The molecule has 8 heteroatoms. The van der Waals surface area contributed by atoms with Crippen molar-refractivity contribution in [3.05, 3.63) is 88.9 Å². The van der Waals surface area contributed by atoms with E-state index in [1.165, 1.54) is 18.4 Å². The molecule has 0 saturated carbocycles. The van der Waals surface area contributed by atoms with Crippen LogP contribution in [-0.2, 0) is 9.59 Å². The molecule has 0 spiro atoms. The zero-order valence-corrected chi connectivity index (χ0v) is 18.8. The number of ether oxygens (including phenoxy) is 1. The van der Waals surface area contributed by atoms with Gasteiger partial charge in [0, 0.05) is 17.3 Å². The second-order valence-corrected chi connectivity index (χ2v) is 8.12. The van der Waals surface area contributed by atoms with Gasteiger partial charge in [0.25, 0.3) is 11.7 Å². The van der Waals surface area contributed by atoms with Gasteiger partial charge < -0.3 is 14.3 Å². The van der Waals surface area contributed by atoms with Gasteiger partial charge >= 0.3 is 0 Å². The Morgan fingerprint density at radius 2 is 1.88 bits per heavy atom. The molecule has 4 rings (SSSR count). The fourth-order valence-corrected chi connectivity index (χ4v) is 4.04. The van der Waals surface area contributed by atoms with Crippen molar-refractivity contribution in [3.63, 3.8) is 0 Å². The fraction of sp³-hybridized carbons (Fsp3) is 0.231. The summed E-state index contributed by atoms with van der Waals surface area (Å²) < 4.78 is 38.6. The second kappa shape index (κ2) is 9.13. The van der Waals surface area contributed by atoms with Crippen LogP contribution in [0.25, 0.3) is 5.76 Å². The van der Waals surface area contributed by atoms with Crippen molar-refractivity contribution in [3.8, 4) is 5.75 Å². The molecule has 176 valence electrons. The minimum absolute atomic E-state index is 0.0454. The number of hydrogen-bond acceptors (Lipinski definition) is 5. The van der Waals surface area contributed by atoms with Crippen molar-refractivity contribution in [1.29, 1.82) is 0 Å². The topological polar surface area (TPSA) is 80.0 Å². The summed E-state index contributed by atoms with van der Waals surface area (Å²) in [6, 6.07) is 9.80. The van der Waals surface area contributed by atoms with Crippen LogP contribution in [-0.4, -0.2) is 23.4 Å². The predicted molar refractivity (Wildman–Crippen MR) is 122 cm³/mol. The van der Waals surface area contributed by atoms with Gasteiger partial charge in [-0.25, -0.2) is 8.78 Å². The fourth-order valence-electron chi connectivity index (χ4n) is 4.04. The minimum atomic E-state index is -1.18. The molecule has 1 aliphatic heterocycles. The lowest BCUT2D eigenvalue weighted by atomic mass is 9.95. The highest BCUT2D eigenvalue weighted by molar-refractivity contribution is 6.51. The predicted octanol–water partition coefficient (Wildman–Crippen LogP) is 5.71. The van der Waals surface area contributed by atoms with Gasteiger partial charge in [-0.1, -0.05) is 13.8 Å². The van der Waals surface area contributed by atoms with Gasteiger partial charge in [-0.2, -0.15) is 0 Å². The van der Waals surface area contributed by atoms with Gasteiger partial charge in [0.05, 0.1) is 18.4 Å². The number of rotatable bonds is 6. The van der Waals surface area contributed by atoms with Gasteiger partial charge in [-0.05, 0) is 60.9 Å². The van der Waals surface area contributed by atoms with Crippen LogP contribution in [0.3, 0.4) is 0 Å². The van der Waals surface area contributed by atoms with Crippen LogP contribution in [0.15, 0.2) is 64.8 Å². The van der Waals surface area contributed by atoms with E-state index in [0.717, 1.165) is 22.6 Å². The molecule has 0 radical (unpaired) electrons. The second-order valence-electron chi connectivity index (χ2n) is 8.12. The molecule has 1 saturated heterocycles. The standard InChI is InChI=1S/C26H23F2NO5/c1-4-33-20-10-7-15(12-17(20)14(2)3)24(30)22-23(21-6-5-11-34-21)29(26(32)25(22)31)16-8-9-18(27)19(28)13-16/h5-14,23,30H,4H2,1-3H3/b24-22-. The molecule has 1 N–H and O–H groups in total. The number of benzene rings is 2. The van der Waals surface area contributed by atoms with Crippen molar-refractivity contribution in [2.45, 2.75) is 32.7 Å². The van der Waals surface area contributed by atoms with E-state index in [-0.39, 0.29) is 22.9 Å². The number of aliphatic hydroxyl groups is 1. The number of aliphatic hydroxyl groups excluding tert-OH is 1. The summed E-state index contributed by atoms with van der Waals surface area (Å²) in [7, 11) is 0. The molecule has 1 aromatic heterocycles. The minimum Gasteiger partial charge on any atom is -0.507 e. The van der Waals surface area contributed by atoms with Crippen molar-refractivity contribution in [2.75, 3.05) is 11.5 Å². The summed E-state index contributed by atoms with van der Waals surface area (Å²) >= 11 is 0. The number of carbonyl (C=O) groups excluding carboxylic acids is 2. The van der Waals surface area contributed by atoms with Crippen molar-refractivity contribution in [2.24, 2.45) is 0 Å². The summed E-state index contributed by atoms with van der Waals surface area (Å²) in [5.41, 5.74) is 0.863. The van der Waals surface area contributed by atoms with Crippen LogP contribution in [0.5, 0.6) is 5.75 Å². The number of furan rings is 1. The zero-order valence-electron chi connectivity index (χ0n) is 18.8. The first-order valence-electron chi connectivity index (χ1n) is 10.8. The normalized spacial score (nSPS) is 17.6. The Bertz CT molecular complexity index is 1280. The highest BCUT2D eigenvalue weighted by Gasteiger charge is 2.48. The summed E-state index contributed by atoms with van der Waals surface area (Å²) in [6.07, 6.45) is 1.36. The van der Waals surface area contributed by atoms with E-state index in [9.17, 15) is 23.5 Å². The van der Waals surface area contributed by atoms with Gasteiger partial charge in [-0.15, -0.1) is 0 Å². The Hall–Kier alpha value is -3.94. The summed E-state index contributed by atoms with van der Waals surface area (Å²) in [5.74, 6) is -3.75. The van der Waals surface area contributed by atoms with Crippen LogP contribution in [0, 0.1) is 11.6 Å². The molecule has 1 aliphatic rings. The Morgan fingerprint density at radius 3 is 2.50 bits per heavy atom. The third-order valence-electron chi connectivity index (χ3n) is 5.64. The smallest absolute Gasteiger partial charge is 0.300 e. The van der Waals surface area contributed by atoms with Crippen LogP contribution in [0.4, 0.5) is 14.5 Å². The van der Waals surface area contributed by atoms with Crippen LogP contribution in [0.1, 0.15) is 49.6 Å². The van der Waals surface area contributed by atoms with E-state index in [4.69, 9.17) is 9.15 Å². The average molecular weight is 467 g/mol. The maximum Gasteiger partial charge on any atom is 0.300 e. The number of amides is 1. The first-order valence-corrected chi connectivity index (χ1v) is 10.8. The molecule has 2 aromatic carbocycles. The molecule has 3 aromatic rings. The number of carbonyl (C=O) groups is 2. The quantitative estimate of drug-likeness (QED) is 0.286. The maximum atomic E-state index is 14.0. The lowest BCUT2D eigenvalue weighted by Gasteiger charge is -2.23. The van der Waals surface area contributed by atoms with Crippen LogP contribution >= 0.6 is 0 Å². The molecular weight excluding hydrogens is 444 g/mol. The third kappa shape index (κ3) is 3.96. The number of ketones is 1. The van der Waals surface area contributed by atoms with E-state index in [1.54, 1.807) is 24.3 Å². The molecule has 6 nitrogen and oxygen atoms in total. The molecule has 0 bridgehead atoms. The molecular formula is C26H23F2NO5. The lowest BCUT2D eigenvalue weighted by Crippen LogP contribution is -2.29. The molecule has 1 amide bonds. The molecule has 1 fully saturated rings. The molecule has 1 unspecified atom stereocenters. The summed E-state index contributed by atoms with van der Waals surface area (Å²) in [4.78, 5) is 27.1. The highest BCUT2D eigenvalue weighted by atomic mass is 19.2. The first kappa shape index (κ1) is 23.2. The number of halogens is 2. The van der Waals surface area contributed by atoms with E-state index < -0.39 is 35.1 Å². The lowest BCUT2D eigenvalue weighted by molar-refractivity contribution is -0.132. The van der Waals surface area contributed by atoms with E-state index in [1.807, 2.05) is 20.8 Å². The monoisotopic (exact) mass is 467 g/mol. The number of anilines is 1. The zero-order chi connectivity index (χ0) is 24.6. The Balaban J connectivity index is 1.90. The highest BCUT2D eigenvalue weighted by Crippen LogP contribution is 2.43. The largest absolute Gasteiger partial charge is 0.507 e. The number of nitrogens with zero attached hydrogens (tertiary/aromatic N) is 1. The Morgan fingerprint density at radius 1 is 1.12 bits per heavy atom.